The molecule has 0 saturated carbocycles. The summed E-state index contributed by atoms with van der Waals surface area (Å²) < 4.78 is 5.78. The summed E-state index contributed by atoms with van der Waals surface area (Å²) in [6, 6.07) is 15.9. The molecule has 0 bridgehead atoms. The summed E-state index contributed by atoms with van der Waals surface area (Å²) in [6.45, 7) is 4.28. The number of aryl methyl sites for hydroxylation is 1. The summed E-state index contributed by atoms with van der Waals surface area (Å²) in [4.78, 5) is 0. The van der Waals surface area contributed by atoms with Crippen molar-refractivity contribution in [3.8, 4) is 5.75 Å². The zero-order valence-corrected chi connectivity index (χ0v) is 10.8. The first kappa shape index (κ1) is 12.7. The molecule has 0 aliphatic carbocycles. The highest BCUT2D eigenvalue weighted by Crippen LogP contribution is 2.26. The molecule has 2 heteroatoms. The second kappa shape index (κ2) is 5.69. The molecule has 0 aliphatic heterocycles. The lowest BCUT2D eigenvalue weighted by Crippen LogP contribution is -2.01. The Kier molecular flexibility index (Phi) is 4.00. The zero-order chi connectivity index (χ0) is 13.0. The fraction of sp³-hybridized carbons (Fsp3) is 0.250. The van der Waals surface area contributed by atoms with E-state index < -0.39 is 6.10 Å². The molecule has 0 amide bonds. The van der Waals surface area contributed by atoms with Crippen molar-refractivity contribution in [2.24, 2.45) is 0 Å². The molecule has 94 valence electrons. The number of benzene rings is 2. The van der Waals surface area contributed by atoms with E-state index in [1.54, 1.807) is 6.92 Å². The van der Waals surface area contributed by atoms with Crippen molar-refractivity contribution in [1.29, 1.82) is 0 Å². The molecule has 2 aromatic carbocycles. The minimum Gasteiger partial charge on any atom is -0.489 e. The summed E-state index contributed by atoms with van der Waals surface area (Å²) in [5.74, 6) is 0.749. The maximum Gasteiger partial charge on any atom is 0.125 e. The fourth-order valence-electron chi connectivity index (χ4n) is 1.86. The van der Waals surface area contributed by atoms with E-state index in [4.69, 9.17) is 4.74 Å². The normalized spacial score (nSPS) is 12.2. The van der Waals surface area contributed by atoms with Gasteiger partial charge in [-0.3, -0.25) is 0 Å². The van der Waals surface area contributed by atoms with Crippen molar-refractivity contribution in [2.45, 2.75) is 26.6 Å². The van der Waals surface area contributed by atoms with Crippen LogP contribution >= 0.6 is 0 Å². The van der Waals surface area contributed by atoms with Gasteiger partial charge < -0.3 is 9.84 Å². The highest BCUT2D eigenvalue weighted by Gasteiger charge is 2.09. The van der Waals surface area contributed by atoms with Crippen LogP contribution in [0, 0.1) is 6.92 Å². The highest BCUT2D eigenvalue weighted by atomic mass is 16.5. The van der Waals surface area contributed by atoms with E-state index in [1.165, 1.54) is 0 Å². The molecule has 0 radical (unpaired) electrons. The Morgan fingerprint density at radius 3 is 2.50 bits per heavy atom. The van der Waals surface area contributed by atoms with Crippen molar-refractivity contribution in [3.05, 3.63) is 65.2 Å². The van der Waals surface area contributed by atoms with Gasteiger partial charge in [0.1, 0.15) is 12.4 Å². The number of aliphatic hydroxyl groups excluding tert-OH is 1. The minimum atomic E-state index is -0.518. The van der Waals surface area contributed by atoms with E-state index in [-0.39, 0.29) is 0 Å². The van der Waals surface area contributed by atoms with Crippen molar-refractivity contribution in [1.82, 2.24) is 0 Å². The van der Waals surface area contributed by atoms with Gasteiger partial charge in [0.05, 0.1) is 6.10 Å². The number of rotatable bonds is 4. The van der Waals surface area contributed by atoms with Crippen molar-refractivity contribution < 1.29 is 9.84 Å². The molecular weight excluding hydrogens is 224 g/mol. The molecule has 2 nitrogen and oxygen atoms in total. The van der Waals surface area contributed by atoms with Crippen LogP contribution < -0.4 is 4.74 Å². The first-order valence-corrected chi connectivity index (χ1v) is 6.12. The number of hydrogen-bond donors (Lipinski definition) is 1. The van der Waals surface area contributed by atoms with Gasteiger partial charge in [-0.15, -0.1) is 0 Å². The molecule has 0 unspecified atom stereocenters. The SMILES string of the molecule is Cc1ccc(OCc2ccccc2)c([C@H](C)O)c1. The lowest BCUT2D eigenvalue weighted by atomic mass is 10.1. The first-order chi connectivity index (χ1) is 8.66. The largest absolute Gasteiger partial charge is 0.489 e. The summed E-state index contributed by atoms with van der Waals surface area (Å²) in [6.07, 6.45) is -0.518. The van der Waals surface area contributed by atoms with Gasteiger partial charge in [0.2, 0.25) is 0 Å². The summed E-state index contributed by atoms with van der Waals surface area (Å²) in [5.41, 5.74) is 3.08. The molecule has 0 heterocycles. The average Bonchev–Trinajstić information content (AvgIpc) is 2.38. The molecule has 0 fully saturated rings. The van der Waals surface area contributed by atoms with Crippen LogP contribution in [-0.2, 0) is 6.61 Å². The van der Waals surface area contributed by atoms with Gasteiger partial charge in [0, 0.05) is 5.56 Å². The predicted molar refractivity (Wildman–Crippen MR) is 72.6 cm³/mol. The van der Waals surface area contributed by atoms with Gasteiger partial charge in [0.25, 0.3) is 0 Å². The molecule has 18 heavy (non-hydrogen) atoms. The Hall–Kier alpha value is -1.80. The molecule has 2 rings (SSSR count). The molecule has 1 atom stereocenters. The summed E-state index contributed by atoms with van der Waals surface area (Å²) >= 11 is 0. The third kappa shape index (κ3) is 3.11. The Labute approximate surface area is 108 Å². The molecular formula is C16H18O2. The Morgan fingerprint density at radius 2 is 1.83 bits per heavy atom. The quantitative estimate of drug-likeness (QED) is 0.887. The Morgan fingerprint density at radius 1 is 1.11 bits per heavy atom. The maximum absolute atomic E-state index is 9.75. The van der Waals surface area contributed by atoms with Gasteiger partial charge in [-0.1, -0.05) is 42.0 Å². The molecule has 0 aliphatic rings. The second-order valence-electron chi connectivity index (χ2n) is 4.49. The summed E-state index contributed by atoms with van der Waals surface area (Å²) in [5, 5.41) is 9.75. The van der Waals surface area contributed by atoms with Crippen LogP contribution in [0.25, 0.3) is 0 Å². The standard InChI is InChI=1S/C16H18O2/c1-12-8-9-16(15(10-12)13(2)17)18-11-14-6-4-3-5-7-14/h3-10,13,17H,11H2,1-2H3/t13-/m0/s1. The Bertz CT molecular complexity index is 504. The lowest BCUT2D eigenvalue weighted by Gasteiger charge is -2.14. The van der Waals surface area contributed by atoms with Crippen LogP contribution in [0.4, 0.5) is 0 Å². The predicted octanol–water partition coefficient (Wildman–Crippen LogP) is 3.63. The third-order valence-corrected chi connectivity index (χ3v) is 2.85. The smallest absolute Gasteiger partial charge is 0.125 e. The van der Waals surface area contributed by atoms with E-state index in [0.29, 0.717) is 6.61 Å². The maximum atomic E-state index is 9.75. The number of ether oxygens (including phenoxy) is 1. The highest BCUT2D eigenvalue weighted by molar-refractivity contribution is 5.38. The van der Waals surface area contributed by atoms with Gasteiger partial charge in [-0.2, -0.15) is 0 Å². The Balaban J connectivity index is 2.14. The van der Waals surface area contributed by atoms with Crippen molar-refractivity contribution in [3.63, 3.8) is 0 Å². The molecule has 0 spiro atoms. The molecule has 2 aromatic rings. The molecule has 0 saturated heterocycles. The van der Waals surface area contributed by atoms with Crippen LogP contribution in [0.15, 0.2) is 48.5 Å². The van der Waals surface area contributed by atoms with Crippen LogP contribution in [0.3, 0.4) is 0 Å². The van der Waals surface area contributed by atoms with E-state index in [1.807, 2.05) is 55.5 Å². The van der Waals surface area contributed by atoms with Crippen LogP contribution in [0.2, 0.25) is 0 Å². The minimum absolute atomic E-state index is 0.517. The molecule has 0 aromatic heterocycles. The number of aliphatic hydroxyl groups is 1. The lowest BCUT2D eigenvalue weighted by molar-refractivity contribution is 0.190. The van der Waals surface area contributed by atoms with E-state index in [2.05, 4.69) is 0 Å². The monoisotopic (exact) mass is 242 g/mol. The van der Waals surface area contributed by atoms with Gasteiger partial charge in [-0.05, 0) is 31.5 Å². The number of hydrogen-bond acceptors (Lipinski definition) is 2. The summed E-state index contributed by atoms with van der Waals surface area (Å²) in [7, 11) is 0. The second-order valence-corrected chi connectivity index (χ2v) is 4.49. The van der Waals surface area contributed by atoms with Gasteiger partial charge in [-0.25, -0.2) is 0 Å². The van der Waals surface area contributed by atoms with Gasteiger partial charge >= 0.3 is 0 Å². The van der Waals surface area contributed by atoms with Crippen LogP contribution in [0.1, 0.15) is 29.7 Å². The third-order valence-electron chi connectivity index (χ3n) is 2.85. The topological polar surface area (TPSA) is 29.5 Å². The van der Waals surface area contributed by atoms with Crippen molar-refractivity contribution >= 4 is 0 Å². The van der Waals surface area contributed by atoms with Crippen molar-refractivity contribution in [2.75, 3.05) is 0 Å². The zero-order valence-electron chi connectivity index (χ0n) is 10.8. The first-order valence-electron chi connectivity index (χ1n) is 6.12. The molecule has 1 N–H and O–H groups in total. The van der Waals surface area contributed by atoms with Gasteiger partial charge in [0.15, 0.2) is 0 Å². The van der Waals surface area contributed by atoms with Crippen LogP contribution in [0.5, 0.6) is 5.75 Å². The fourth-order valence-corrected chi connectivity index (χ4v) is 1.86. The van der Waals surface area contributed by atoms with E-state index >= 15 is 0 Å². The van der Waals surface area contributed by atoms with E-state index in [9.17, 15) is 5.11 Å². The van der Waals surface area contributed by atoms with Crippen LogP contribution in [-0.4, -0.2) is 5.11 Å². The average molecular weight is 242 g/mol. The van der Waals surface area contributed by atoms with E-state index in [0.717, 1.165) is 22.4 Å².